The van der Waals surface area contributed by atoms with E-state index >= 15 is 0 Å². The van der Waals surface area contributed by atoms with Crippen molar-refractivity contribution in [3.8, 4) is 11.5 Å². The van der Waals surface area contributed by atoms with E-state index in [1.54, 1.807) is 7.11 Å². The van der Waals surface area contributed by atoms with Crippen LogP contribution in [-0.4, -0.2) is 43.0 Å². The minimum Gasteiger partial charge on any atom is -0.497 e. The standard InChI is InChI=1S/C28H28N2O4/c1-33-22-11-7-8-19(18-22)26-25(27(31)29-16-17-34-21-9-3-2-4-10-21)23-12-5-6-13-24(23)28(32)30(26)20-14-15-20/h2-13,18,20,25-26H,14-17H2,1H3,(H,29,31). The van der Waals surface area contributed by atoms with Gasteiger partial charge in [-0.25, -0.2) is 0 Å². The minimum absolute atomic E-state index is 0.0117. The molecule has 0 spiro atoms. The van der Waals surface area contributed by atoms with Crippen LogP contribution >= 0.6 is 0 Å². The fraction of sp³-hybridized carbons (Fsp3) is 0.286. The number of fused-ring (bicyclic) bond motifs is 1. The fourth-order valence-electron chi connectivity index (χ4n) is 4.74. The van der Waals surface area contributed by atoms with Crippen molar-refractivity contribution < 1.29 is 19.1 Å². The van der Waals surface area contributed by atoms with Crippen LogP contribution in [0.2, 0.25) is 0 Å². The first-order chi connectivity index (χ1) is 16.7. The van der Waals surface area contributed by atoms with Gasteiger partial charge in [-0.3, -0.25) is 9.59 Å². The second-order valence-electron chi connectivity index (χ2n) is 8.68. The molecule has 2 atom stereocenters. The molecule has 3 aromatic rings. The average Bonchev–Trinajstić information content (AvgIpc) is 3.72. The van der Waals surface area contributed by atoms with Gasteiger partial charge >= 0.3 is 0 Å². The third-order valence-electron chi connectivity index (χ3n) is 6.45. The molecule has 1 saturated carbocycles. The topological polar surface area (TPSA) is 67.9 Å². The maximum Gasteiger partial charge on any atom is 0.254 e. The highest BCUT2D eigenvalue weighted by molar-refractivity contribution is 6.01. The maximum absolute atomic E-state index is 13.7. The smallest absolute Gasteiger partial charge is 0.254 e. The average molecular weight is 457 g/mol. The monoisotopic (exact) mass is 456 g/mol. The number of benzene rings is 3. The van der Waals surface area contributed by atoms with Gasteiger partial charge in [-0.15, -0.1) is 0 Å². The second-order valence-corrected chi connectivity index (χ2v) is 8.68. The molecule has 1 fully saturated rings. The molecule has 0 bridgehead atoms. The number of hydrogen-bond acceptors (Lipinski definition) is 4. The number of methoxy groups -OCH3 is 1. The Morgan fingerprint density at radius 2 is 1.71 bits per heavy atom. The van der Waals surface area contributed by atoms with Gasteiger partial charge in [-0.05, 0) is 54.3 Å². The third-order valence-corrected chi connectivity index (χ3v) is 6.45. The zero-order chi connectivity index (χ0) is 23.5. The van der Waals surface area contributed by atoms with Crippen LogP contribution in [-0.2, 0) is 4.79 Å². The molecule has 1 aliphatic heterocycles. The van der Waals surface area contributed by atoms with Crippen molar-refractivity contribution in [2.24, 2.45) is 0 Å². The third kappa shape index (κ3) is 4.36. The Morgan fingerprint density at radius 3 is 2.47 bits per heavy atom. The molecule has 1 N–H and O–H groups in total. The molecular weight excluding hydrogens is 428 g/mol. The quantitative estimate of drug-likeness (QED) is 0.512. The van der Waals surface area contributed by atoms with Crippen LogP contribution in [0.3, 0.4) is 0 Å². The molecule has 3 aromatic carbocycles. The van der Waals surface area contributed by atoms with Gasteiger partial charge < -0.3 is 19.7 Å². The van der Waals surface area contributed by atoms with E-state index in [-0.39, 0.29) is 17.9 Å². The lowest BCUT2D eigenvalue weighted by Crippen LogP contribution is -2.48. The van der Waals surface area contributed by atoms with Crippen LogP contribution in [0.15, 0.2) is 78.9 Å². The molecule has 5 rings (SSSR count). The lowest BCUT2D eigenvalue weighted by Gasteiger charge is -2.42. The maximum atomic E-state index is 13.7. The van der Waals surface area contributed by atoms with Crippen molar-refractivity contribution in [2.45, 2.75) is 30.8 Å². The van der Waals surface area contributed by atoms with Gasteiger partial charge in [-0.1, -0.05) is 48.5 Å². The molecule has 174 valence electrons. The minimum atomic E-state index is -0.529. The summed E-state index contributed by atoms with van der Waals surface area (Å²) < 4.78 is 11.2. The summed E-state index contributed by atoms with van der Waals surface area (Å²) in [6.07, 6.45) is 1.90. The van der Waals surface area contributed by atoms with Crippen molar-refractivity contribution in [3.63, 3.8) is 0 Å². The number of nitrogens with one attached hydrogen (secondary N) is 1. The molecule has 6 nitrogen and oxygen atoms in total. The van der Waals surface area contributed by atoms with Gasteiger partial charge in [0, 0.05) is 11.6 Å². The molecule has 34 heavy (non-hydrogen) atoms. The van der Waals surface area contributed by atoms with Crippen LogP contribution < -0.4 is 14.8 Å². The first-order valence-electron chi connectivity index (χ1n) is 11.7. The predicted molar refractivity (Wildman–Crippen MR) is 129 cm³/mol. The zero-order valence-corrected chi connectivity index (χ0v) is 19.1. The van der Waals surface area contributed by atoms with E-state index in [1.807, 2.05) is 83.8 Å². The Bertz CT molecular complexity index is 1180. The largest absolute Gasteiger partial charge is 0.497 e. The van der Waals surface area contributed by atoms with Gasteiger partial charge in [-0.2, -0.15) is 0 Å². The molecule has 0 saturated heterocycles. The summed E-state index contributed by atoms with van der Waals surface area (Å²) in [4.78, 5) is 29.2. The van der Waals surface area contributed by atoms with Crippen molar-refractivity contribution >= 4 is 11.8 Å². The number of carbonyl (C=O) groups is 2. The summed E-state index contributed by atoms with van der Waals surface area (Å²) in [5.74, 6) is 0.810. The summed E-state index contributed by atoms with van der Waals surface area (Å²) >= 11 is 0. The Morgan fingerprint density at radius 1 is 0.971 bits per heavy atom. The van der Waals surface area contributed by atoms with Gasteiger partial charge in [0.05, 0.1) is 25.6 Å². The van der Waals surface area contributed by atoms with Gasteiger partial charge in [0.25, 0.3) is 5.91 Å². The Labute approximate surface area is 199 Å². The summed E-state index contributed by atoms with van der Waals surface area (Å²) in [5, 5.41) is 3.05. The molecule has 1 heterocycles. The molecule has 2 aliphatic rings. The lowest BCUT2D eigenvalue weighted by molar-refractivity contribution is -0.124. The highest BCUT2D eigenvalue weighted by Crippen LogP contribution is 2.48. The normalized spacial score (nSPS) is 19.3. The number of amides is 2. The highest BCUT2D eigenvalue weighted by Gasteiger charge is 2.49. The predicted octanol–water partition coefficient (Wildman–Crippen LogP) is 4.33. The first-order valence-corrected chi connectivity index (χ1v) is 11.7. The number of rotatable bonds is 8. The van der Waals surface area contributed by atoms with Gasteiger partial charge in [0.2, 0.25) is 5.91 Å². The Hall–Kier alpha value is -3.80. The van der Waals surface area contributed by atoms with Crippen LogP contribution in [0.4, 0.5) is 0 Å². The molecular formula is C28H28N2O4. The van der Waals surface area contributed by atoms with E-state index in [9.17, 15) is 9.59 Å². The van der Waals surface area contributed by atoms with Crippen LogP contribution in [0.25, 0.3) is 0 Å². The SMILES string of the molecule is COc1cccc(C2C(C(=O)NCCOc3ccccc3)c3ccccc3C(=O)N2C2CC2)c1. The second kappa shape index (κ2) is 9.59. The number of hydrogen-bond donors (Lipinski definition) is 1. The van der Waals surface area contributed by atoms with Crippen molar-refractivity contribution in [3.05, 3.63) is 95.6 Å². The zero-order valence-electron chi connectivity index (χ0n) is 19.1. The van der Waals surface area contributed by atoms with Crippen LogP contribution in [0, 0.1) is 0 Å². The lowest BCUT2D eigenvalue weighted by atomic mass is 9.79. The van der Waals surface area contributed by atoms with E-state index in [4.69, 9.17) is 9.47 Å². The fourth-order valence-corrected chi connectivity index (χ4v) is 4.74. The first kappa shape index (κ1) is 22.0. The molecule has 2 amide bonds. The Kier molecular flexibility index (Phi) is 6.21. The summed E-state index contributed by atoms with van der Waals surface area (Å²) in [7, 11) is 1.62. The highest BCUT2D eigenvalue weighted by atomic mass is 16.5. The number of carbonyl (C=O) groups excluding carboxylic acids is 2. The van der Waals surface area contributed by atoms with E-state index in [0.717, 1.165) is 29.7 Å². The Balaban J connectivity index is 1.45. The number of ether oxygens (including phenoxy) is 2. The molecule has 1 aliphatic carbocycles. The summed E-state index contributed by atoms with van der Waals surface area (Å²) in [6.45, 7) is 0.730. The van der Waals surface area contributed by atoms with Gasteiger partial charge in [0.1, 0.15) is 18.1 Å². The molecule has 6 heteroatoms. The van der Waals surface area contributed by atoms with Crippen molar-refractivity contribution in [1.29, 1.82) is 0 Å². The summed E-state index contributed by atoms with van der Waals surface area (Å²) in [5.41, 5.74) is 2.27. The summed E-state index contributed by atoms with van der Waals surface area (Å²) in [6, 6.07) is 24.4. The van der Waals surface area contributed by atoms with Crippen molar-refractivity contribution in [1.82, 2.24) is 10.2 Å². The van der Waals surface area contributed by atoms with E-state index in [1.165, 1.54) is 0 Å². The molecule has 0 aromatic heterocycles. The van der Waals surface area contributed by atoms with E-state index < -0.39 is 12.0 Å². The van der Waals surface area contributed by atoms with Crippen LogP contribution in [0.1, 0.15) is 46.3 Å². The molecule has 0 radical (unpaired) electrons. The van der Waals surface area contributed by atoms with Crippen LogP contribution in [0.5, 0.6) is 11.5 Å². The number of para-hydroxylation sites is 1. The van der Waals surface area contributed by atoms with Crippen molar-refractivity contribution in [2.75, 3.05) is 20.3 Å². The van der Waals surface area contributed by atoms with Gasteiger partial charge in [0.15, 0.2) is 0 Å². The van der Waals surface area contributed by atoms with E-state index in [2.05, 4.69) is 5.32 Å². The van der Waals surface area contributed by atoms with E-state index in [0.29, 0.717) is 24.5 Å². The molecule has 2 unspecified atom stereocenters. The number of nitrogens with zero attached hydrogens (tertiary/aromatic N) is 1.